The molecule has 1 atom stereocenters. The van der Waals surface area contributed by atoms with Crippen LogP contribution in [0.3, 0.4) is 0 Å². The molecule has 1 aliphatic heterocycles. The van der Waals surface area contributed by atoms with E-state index in [1.54, 1.807) is 0 Å². The summed E-state index contributed by atoms with van der Waals surface area (Å²) in [6.45, 7) is 2.31. The molecule has 80 valence electrons. The summed E-state index contributed by atoms with van der Waals surface area (Å²) in [5.74, 6) is -0.538. The highest BCUT2D eigenvalue weighted by atomic mass is 16.6. The number of cyclic esters (lactones) is 1. The van der Waals surface area contributed by atoms with Gasteiger partial charge in [0.05, 0.1) is 6.61 Å². The van der Waals surface area contributed by atoms with Crippen LogP contribution in [-0.4, -0.2) is 48.1 Å². The van der Waals surface area contributed by atoms with Gasteiger partial charge in [-0.3, -0.25) is 4.90 Å². The second-order valence-corrected chi connectivity index (χ2v) is 2.94. The Hall–Kier alpha value is -1.30. The van der Waals surface area contributed by atoms with Gasteiger partial charge in [0, 0.05) is 6.61 Å². The molecule has 1 fully saturated rings. The lowest BCUT2D eigenvalue weighted by Gasteiger charge is -2.15. The van der Waals surface area contributed by atoms with Crippen molar-refractivity contribution in [2.75, 3.05) is 19.9 Å². The number of hydrogen-bond acceptors (Lipinski definition) is 4. The second-order valence-electron chi connectivity index (χ2n) is 2.94. The molecule has 0 saturated carbocycles. The number of carbonyl (C=O) groups is 2. The molecule has 0 aromatic carbocycles. The Balaban J connectivity index is 2.45. The van der Waals surface area contributed by atoms with E-state index in [2.05, 4.69) is 4.74 Å². The molecule has 1 saturated heterocycles. The van der Waals surface area contributed by atoms with E-state index in [1.165, 1.54) is 0 Å². The normalized spacial score (nSPS) is 21.1. The van der Waals surface area contributed by atoms with Gasteiger partial charge in [0.25, 0.3) is 0 Å². The third kappa shape index (κ3) is 2.35. The van der Waals surface area contributed by atoms with E-state index in [0.29, 0.717) is 6.61 Å². The first kappa shape index (κ1) is 10.8. The van der Waals surface area contributed by atoms with Crippen LogP contribution >= 0.6 is 0 Å². The Morgan fingerprint density at radius 1 is 1.79 bits per heavy atom. The highest BCUT2D eigenvalue weighted by Crippen LogP contribution is 2.11. The summed E-state index contributed by atoms with van der Waals surface area (Å²) in [6.07, 6.45) is -0.338. The molecule has 0 aromatic heterocycles. The Morgan fingerprint density at radius 2 is 2.50 bits per heavy atom. The first-order valence-corrected chi connectivity index (χ1v) is 4.40. The van der Waals surface area contributed by atoms with Crippen molar-refractivity contribution >= 4 is 12.1 Å². The van der Waals surface area contributed by atoms with Gasteiger partial charge >= 0.3 is 12.1 Å². The fraction of sp³-hybridized carbons (Fsp3) is 0.750. The summed E-state index contributed by atoms with van der Waals surface area (Å²) < 4.78 is 9.71. The molecule has 0 aromatic rings. The molecule has 1 heterocycles. The molecular weight excluding hydrogens is 190 g/mol. The maximum atomic E-state index is 11.1. The fourth-order valence-corrected chi connectivity index (χ4v) is 1.13. The number of esters is 1. The zero-order valence-corrected chi connectivity index (χ0v) is 7.93. The van der Waals surface area contributed by atoms with Crippen molar-refractivity contribution in [3.8, 4) is 0 Å². The van der Waals surface area contributed by atoms with Gasteiger partial charge in [-0.15, -0.1) is 0 Å². The maximum absolute atomic E-state index is 11.1. The van der Waals surface area contributed by atoms with Crippen LogP contribution in [-0.2, 0) is 14.3 Å². The molecule has 0 aliphatic carbocycles. The van der Waals surface area contributed by atoms with Gasteiger partial charge in [-0.2, -0.15) is 0 Å². The minimum Gasteiger partial charge on any atom is -0.465 e. The van der Waals surface area contributed by atoms with Crippen molar-refractivity contribution in [1.29, 1.82) is 0 Å². The average Bonchev–Trinajstić information content (AvgIpc) is 2.48. The molecule has 6 heteroatoms. The zero-order chi connectivity index (χ0) is 10.6. The van der Waals surface area contributed by atoms with Gasteiger partial charge in [-0.05, 0) is 6.42 Å². The lowest BCUT2D eigenvalue weighted by atomic mass is 10.3. The van der Waals surface area contributed by atoms with Crippen LogP contribution in [0.15, 0.2) is 0 Å². The molecule has 1 rings (SSSR count). The molecule has 1 aliphatic rings. The summed E-state index contributed by atoms with van der Waals surface area (Å²) >= 11 is 0. The summed E-state index contributed by atoms with van der Waals surface area (Å²) in [4.78, 5) is 22.6. The molecule has 1 N–H and O–H groups in total. The fourth-order valence-electron chi connectivity index (χ4n) is 1.13. The molecular formula is C8H13NO5. The zero-order valence-electron chi connectivity index (χ0n) is 7.93. The van der Waals surface area contributed by atoms with E-state index in [1.807, 2.05) is 6.92 Å². The van der Waals surface area contributed by atoms with Gasteiger partial charge in [-0.25, -0.2) is 9.59 Å². The van der Waals surface area contributed by atoms with Crippen LogP contribution < -0.4 is 0 Å². The largest absolute Gasteiger partial charge is 0.465 e. The molecule has 0 radical (unpaired) electrons. The first-order chi connectivity index (χ1) is 6.66. The minimum atomic E-state index is -1.17. The van der Waals surface area contributed by atoms with Crippen molar-refractivity contribution in [2.45, 2.75) is 19.4 Å². The number of carboxylic acid groups (broad SMARTS) is 1. The quantitative estimate of drug-likeness (QED) is 0.524. The van der Waals surface area contributed by atoms with Crippen LogP contribution in [0.2, 0.25) is 0 Å². The van der Waals surface area contributed by atoms with E-state index in [9.17, 15) is 9.59 Å². The van der Waals surface area contributed by atoms with Crippen molar-refractivity contribution in [2.24, 2.45) is 0 Å². The number of carbonyl (C=O) groups excluding carboxylic acids is 1. The smallest absolute Gasteiger partial charge is 0.410 e. The van der Waals surface area contributed by atoms with E-state index < -0.39 is 18.1 Å². The van der Waals surface area contributed by atoms with Crippen LogP contribution in [0, 0.1) is 0 Å². The van der Waals surface area contributed by atoms with E-state index in [0.717, 1.165) is 11.3 Å². The van der Waals surface area contributed by atoms with Gasteiger partial charge in [-0.1, -0.05) is 6.92 Å². The Morgan fingerprint density at radius 3 is 3.07 bits per heavy atom. The first-order valence-electron chi connectivity index (χ1n) is 4.40. The minimum absolute atomic E-state index is 0.0684. The number of amides is 1. The van der Waals surface area contributed by atoms with Crippen molar-refractivity contribution < 1.29 is 24.2 Å². The molecule has 1 amide bonds. The van der Waals surface area contributed by atoms with Gasteiger partial charge in [0.2, 0.25) is 0 Å². The van der Waals surface area contributed by atoms with Crippen LogP contribution in [0.5, 0.6) is 0 Å². The highest BCUT2D eigenvalue weighted by Gasteiger charge is 2.37. The Labute approximate surface area is 81.4 Å². The SMILES string of the molecule is CCCOCC1C(=O)OCN1C(=O)O. The van der Waals surface area contributed by atoms with E-state index in [-0.39, 0.29) is 13.3 Å². The summed E-state index contributed by atoms with van der Waals surface area (Å²) in [5.41, 5.74) is 0. The third-order valence-corrected chi connectivity index (χ3v) is 1.86. The predicted octanol–water partition coefficient (Wildman–Crippen LogP) is 0.276. The van der Waals surface area contributed by atoms with Gasteiger partial charge < -0.3 is 14.6 Å². The molecule has 14 heavy (non-hydrogen) atoms. The van der Waals surface area contributed by atoms with Crippen molar-refractivity contribution in [3.63, 3.8) is 0 Å². The number of rotatable bonds is 4. The lowest BCUT2D eigenvalue weighted by Crippen LogP contribution is -2.40. The lowest BCUT2D eigenvalue weighted by molar-refractivity contribution is -0.140. The van der Waals surface area contributed by atoms with Crippen molar-refractivity contribution in [3.05, 3.63) is 0 Å². The topological polar surface area (TPSA) is 76.1 Å². The number of hydrogen-bond donors (Lipinski definition) is 1. The monoisotopic (exact) mass is 203 g/mol. The standard InChI is InChI=1S/C8H13NO5/c1-2-3-13-4-6-7(10)14-5-9(6)8(11)12/h6H,2-5H2,1H3,(H,11,12). The van der Waals surface area contributed by atoms with Gasteiger partial charge in [0.15, 0.2) is 12.8 Å². The van der Waals surface area contributed by atoms with E-state index in [4.69, 9.17) is 9.84 Å². The highest BCUT2D eigenvalue weighted by molar-refractivity contribution is 5.83. The molecule has 6 nitrogen and oxygen atoms in total. The molecule has 0 bridgehead atoms. The Bertz CT molecular complexity index is 230. The summed E-state index contributed by atoms with van der Waals surface area (Å²) in [6, 6.07) is -0.806. The average molecular weight is 203 g/mol. The summed E-state index contributed by atoms with van der Waals surface area (Å²) in [7, 11) is 0. The van der Waals surface area contributed by atoms with E-state index >= 15 is 0 Å². The maximum Gasteiger partial charge on any atom is 0.410 e. The number of nitrogens with zero attached hydrogens (tertiary/aromatic N) is 1. The summed E-state index contributed by atoms with van der Waals surface area (Å²) in [5, 5.41) is 8.70. The third-order valence-electron chi connectivity index (χ3n) is 1.86. The van der Waals surface area contributed by atoms with Crippen molar-refractivity contribution in [1.82, 2.24) is 4.90 Å². The van der Waals surface area contributed by atoms with Crippen LogP contribution in [0.1, 0.15) is 13.3 Å². The molecule has 0 spiro atoms. The van der Waals surface area contributed by atoms with Crippen LogP contribution in [0.4, 0.5) is 4.79 Å². The number of ether oxygens (including phenoxy) is 2. The second kappa shape index (κ2) is 4.80. The van der Waals surface area contributed by atoms with Gasteiger partial charge in [0.1, 0.15) is 0 Å². The predicted molar refractivity (Wildman–Crippen MR) is 45.7 cm³/mol. The van der Waals surface area contributed by atoms with Crippen LogP contribution in [0.25, 0.3) is 0 Å². The molecule has 1 unspecified atom stereocenters. The Kier molecular flexibility index (Phi) is 3.70.